The van der Waals surface area contributed by atoms with E-state index in [1.54, 1.807) is 0 Å². The van der Waals surface area contributed by atoms with Crippen LogP contribution in [0.25, 0.3) is 0 Å². The molecule has 3 heteroatoms. The van der Waals surface area contributed by atoms with E-state index in [1.165, 1.54) is 10.8 Å². The quantitative estimate of drug-likeness (QED) is 0.610. The predicted octanol–water partition coefficient (Wildman–Crippen LogP) is 2.50. The number of rotatable bonds is 4. The van der Waals surface area contributed by atoms with Gasteiger partial charge in [-0.25, -0.2) is 0 Å². The number of hydrogen-bond acceptors (Lipinski definition) is 2. The Morgan fingerprint density at radius 1 is 1.00 bits per heavy atom. The van der Waals surface area contributed by atoms with E-state index in [9.17, 15) is 0 Å². The highest BCUT2D eigenvalue weighted by atomic mass is 32.2. The summed E-state index contributed by atoms with van der Waals surface area (Å²) in [6.07, 6.45) is 4.41. The van der Waals surface area contributed by atoms with Crippen LogP contribution < -0.4 is 0 Å². The van der Waals surface area contributed by atoms with Gasteiger partial charge in [-0.1, -0.05) is 13.1 Å². The van der Waals surface area contributed by atoms with Crippen molar-refractivity contribution in [1.29, 1.82) is 0 Å². The third-order valence-electron chi connectivity index (χ3n) is 1.07. The lowest BCUT2D eigenvalue weighted by atomic mass is 11.7. The molecule has 0 N–H and O–H groups in total. The molecular formula is C6H16S2Si. The summed E-state index contributed by atoms with van der Waals surface area (Å²) in [6, 6.07) is 0. The molecule has 0 saturated carbocycles. The van der Waals surface area contributed by atoms with Gasteiger partial charge in [0.05, 0.1) is 8.07 Å². The topological polar surface area (TPSA) is 0 Å². The summed E-state index contributed by atoms with van der Waals surface area (Å²) >= 11 is 3.99. The maximum atomic E-state index is 2.46. The molecule has 0 radical (unpaired) electrons. The van der Waals surface area contributed by atoms with Crippen LogP contribution in [0.2, 0.25) is 13.1 Å². The average molecular weight is 180 g/mol. The molecule has 0 bridgehead atoms. The molecule has 0 nitrogen and oxygen atoms in total. The van der Waals surface area contributed by atoms with E-state index in [-0.39, 0.29) is 0 Å². The summed E-state index contributed by atoms with van der Waals surface area (Å²) < 4.78 is 0. The maximum absolute atomic E-state index is 2.46. The molecule has 0 heterocycles. The van der Waals surface area contributed by atoms with Gasteiger partial charge in [-0.2, -0.15) is 23.5 Å². The van der Waals surface area contributed by atoms with Gasteiger partial charge in [-0.3, -0.25) is 0 Å². The van der Waals surface area contributed by atoms with Crippen molar-refractivity contribution in [3.63, 3.8) is 0 Å². The first-order valence-corrected chi connectivity index (χ1v) is 9.30. The lowest BCUT2D eigenvalue weighted by Crippen LogP contribution is -2.33. The molecule has 0 aliphatic heterocycles. The van der Waals surface area contributed by atoms with Gasteiger partial charge in [0.2, 0.25) is 0 Å². The van der Waals surface area contributed by atoms with Gasteiger partial charge in [-0.05, 0) is 23.3 Å². The molecule has 0 aromatic rings. The van der Waals surface area contributed by atoms with Crippen molar-refractivity contribution >= 4 is 31.6 Å². The van der Waals surface area contributed by atoms with Crippen LogP contribution in [0, 0.1) is 0 Å². The first-order valence-electron chi connectivity index (χ1n) is 3.10. The third-order valence-corrected chi connectivity index (χ3v) is 9.63. The Hall–Kier alpha value is 0.917. The lowest BCUT2D eigenvalue weighted by Gasteiger charge is -2.18. The summed E-state index contributed by atoms with van der Waals surface area (Å²) in [5.41, 5.74) is 0. The second-order valence-electron chi connectivity index (χ2n) is 3.03. The number of hydrogen-bond donors (Lipinski definition) is 0. The van der Waals surface area contributed by atoms with Crippen molar-refractivity contribution in [3.8, 4) is 0 Å². The van der Waals surface area contributed by atoms with Crippen LogP contribution in [0.15, 0.2) is 0 Å². The van der Waals surface area contributed by atoms with Gasteiger partial charge < -0.3 is 0 Å². The zero-order valence-electron chi connectivity index (χ0n) is 6.73. The molecule has 0 aliphatic carbocycles. The monoisotopic (exact) mass is 180 g/mol. The van der Waals surface area contributed by atoms with Gasteiger partial charge in [0.25, 0.3) is 0 Å². The highest BCUT2D eigenvalue weighted by molar-refractivity contribution is 8.02. The molecule has 0 fully saturated rings. The second-order valence-corrected chi connectivity index (χ2v) is 10.8. The summed E-state index contributed by atoms with van der Waals surface area (Å²) in [6.45, 7) is 4.92. The van der Waals surface area contributed by atoms with E-state index in [2.05, 4.69) is 25.6 Å². The molecular weight excluding hydrogens is 164 g/mol. The zero-order chi connectivity index (χ0) is 7.33. The van der Waals surface area contributed by atoms with Crippen molar-refractivity contribution in [3.05, 3.63) is 0 Å². The average Bonchev–Trinajstić information content (AvgIpc) is 1.64. The van der Waals surface area contributed by atoms with Gasteiger partial charge in [0.15, 0.2) is 0 Å². The Labute approximate surface area is 68.2 Å². The fraction of sp³-hybridized carbons (Fsp3) is 1.00. The molecule has 0 spiro atoms. The normalized spacial score (nSPS) is 12.0. The summed E-state index contributed by atoms with van der Waals surface area (Å²) in [5, 5.41) is 2.82. The molecule has 0 aromatic carbocycles. The standard InChI is InChI=1S/C6H16S2Si/c1-7-5-9(3,4)6-8-2/h5-6H2,1-4H3. The Bertz CT molecular complexity index is 65.5. The van der Waals surface area contributed by atoms with Crippen molar-refractivity contribution in [2.24, 2.45) is 0 Å². The van der Waals surface area contributed by atoms with E-state index < -0.39 is 8.07 Å². The van der Waals surface area contributed by atoms with E-state index in [1.807, 2.05) is 23.5 Å². The van der Waals surface area contributed by atoms with Crippen LogP contribution in [0.5, 0.6) is 0 Å². The fourth-order valence-corrected chi connectivity index (χ4v) is 8.16. The highest BCUT2D eigenvalue weighted by Gasteiger charge is 2.18. The first kappa shape index (κ1) is 9.92. The van der Waals surface area contributed by atoms with Crippen LogP contribution >= 0.6 is 23.5 Å². The van der Waals surface area contributed by atoms with Crippen LogP contribution in [-0.2, 0) is 0 Å². The minimum Gasteiger partial charge on any atom is -0.168 e. The molecule has 0 amide bonds. The lowest BCUT2D eigenvalue weighted by molar-refractivity contribution is 1.65. The minimum absolute atomic E-state index is 0.777. The fourth-order valence-electron chi connectivity index (χ4n) is 0.823. The van der Waals surface area contributed by atoms with Gasteiger partial charge in [-0.15, -0.1) is 0 Å². The third kappa shape index (κ3) is 5.37. The van der Waals surface area contributed by atoms with Crippen molar-refractivity contribution < 1.29 is 0 Å². The van der Waals surface area contributed by atoms with E-state index in [0.717, 1.165) is 0 Å². The van der Waals surface area contributed by atoms with Gasteiger partial charge in [0.1, 0.15) is 0 Å². The maximum Gasteiger partial charge on any atom is 0.0679 e. The van der Waals surface area contributed by atoms with Crippen LogP contribution in [-0.4, -0.2) is 31.3 Å². The Balaban J connectivity index is 3.43. The SMILES string of the molecule is CSC[Si](C)(C)CSC. The molecule has 0 rings (SSSR count). The summed E-state index contributed by atoms with van der Waals surface area (Å²) in [7, 11) is -0.777. The van der Waals surface area contributed by atoms with Crippen molar-refractivity contribution in [1.82, 2.24) is 0 Å². The first-order chi connectivity index (χ1) is 4.12. The van der Waals surface area contributed by atoms with Gasteiger partial charge in [0, 0.05) is 0 Å². The number of thioether (sulfide) groups is 2. The second kappa shape index (κ2) is 4.69. The van der Waals surface area contributed by atoms with Gasteiger partial charge >= 0.3 is 0 Å². The van der Waals surface area contributed by atoms with Crippen molar-refractivity contribution in [2.75, 3.05) is 23.3 Å². The smallest absolute Gasteiger partial charge is 0.0679 e. The van der Waals surface area contributed by atoms with Crippen LogP contribution in [0.4, 0.5) is 0 Å². The molecule has 0 aromatic heterocycles. The molecule has 0 atom stereocenters. The van der Waals surface area contributed by atoms with Crippen molar-refractivity contribution in [2.45, 2.75) is 13.1 Å². The molecule has 56 valence electrons. The largest absolute Gasteiger partial charge is 0.168 e. The Kier molecular flexibility index (Phi) is 5.17. The van der Waals surface area contributed by atoms with E-state index >= 15 is 0 Å². The Morgan fingerprint density at radius 3 is 1.56 bits per heavy atom. The molecule has 0 unspecified atom stereocenters. The highest BCUT2D eigenvalue weighted by Crippen LogP contribution is 2.13. The minimum atomic E-state index is -0.777. The van der Waals surface area contributed by atoms with E-state index in [4.69, 9.17) is 0 Å². The van der Waals surface area contributed by atoms with E-state index in [0.29, 0.717) is 0 Å². The Morgan fingerprint density at radius 2 is 1.33 bits per heavy atom. The molecule has 0 saturated heterocycles. The summed E-state index contributed by atoms with van der Waals surface area (Å²) in [5.74, 6) is 0. The molecule has 0 aliphatic rings. The predicted molar refractivity (Wildman–Crippen MR) is 54.2 cm³/mol. The summed E-state index contributed by atoms with van der Waals surface area (Å²) in [4.78, 5) is 0. The van der Waals surface area contributed by atoms with Crippen LogP contribution in [0.3, 0.4) is 0 Å². The molecule has 9 heavy (non-hydrogen) atoms. The zero-order valence-corrected chi connectivity index (χ0v) is 9.36. The van der Waals surface area contributed by atoms with Crippen LogP contribution in [0.1, 0.15) is 0 Å².